The molecule has 1 aliphatic heterocycles. The molecular formula is C27H29NO10. The average Bonchev–Trinajstić information content (AvgIpc) is 2.87. The summed E-state index contributed by atoms with van der Waals surface area (Å²) in [5.74, 6) is -3.43. The molecule has 2 aliphatic carbocycles. The molecule has 7 N–H and O–H groups in total. The third kappa shape index (κ3) is 3.85. The highest BCUT2D eigenvalue weighted by molar-refractivity contribution is 6.31. The zero-order chi connectivity index (χ0) is 27.7. The molecule has 5 unspecified atom stereocenters. The number of hydrogen-bond acceptors (Lipinski definition) is 11. The van der Waals surface area contributed by atoms with Crippen LogP contribution in [0.4, 0.5) is 0 Å². The topological polar surface area (TPSA) is 197 Å². The summed E-state index contributed by atoms with van der Waals surface area (Å²) in [7, 11) is 0. The van der Waals surface area contributed by atoms with Crippen molar-refractivity contribution in [3.05, 3.63) is 57.1 Å². The third-order valence-corrected chi connectivity index (χ3v) is 7.87. The zero-order valence-electron chi connectivity index (χ0n) is 20.8. The summed E-state index contributed by atoms with van der Waals surface area (Å²) in [5, 5.41) is 53.8. The molecule has 2 aromatic rings. The van der Waals surface area contributed by atoms with Crippen LogP contribution in [0.25, 0.3) is 0 Å². The first-order chi connectivity index (χ1) is 17.9. The molecule has 0 amide bonds. The van der Waals surface area contributed by atoms with Gasteiger partial charge in [-0.1, -0.05) is 18.2 Å². The lowest BCUT2D eigenvalue weighted by Crippen LogP contribution is -2.52. The summed E-state index contributed by atoms with van der Waals surface area (Å²) in [6.45, 7) is 2.24. The summed E-state index contributed by atoms with van der Waals surface area (Å²) in [6.07, 6.45) is -4.62. The molecule has 202 valence electrons. The first-order valence-electron chi connectivity index (χ1n) is 12.3. The molecule has 6 atom stereocenters. The van der Waals surface area contributed by atoms with Crippen LogP contribution in [-0.2, 0) is 27.3 Å². The number of Topliss-reactive ketones (excluding diaryl/α,β-unsaturated/α-hetero) is 1. The Bertz CT molecular complexity index is 1360. The maximum atomic E-state index is 13.6. The van der Waals surface area contributed by atoms with Crippen LogP contribution in [0.15, 0.2) is 18.2 Å². The number of hydrogen-bond donors (Lipinski definition) is 6. The van der Waals surface area contributed by atoms with Gasteiger partial charge < -0.3 is 40.7 Å². The third-order valence-electron chi connectivity index (χ3n) is 7.87. The van der Waals surface area contributed by atoms with Crippen molar-refractivity contribution < 1.29 is 49.4 Å². The standard InChI is InChI=1S/C27H29NO10/c1-10-22(31)15(28)6-17(37-10)38-16-8-27(36,11(2)30)7-14-19(16)26(35)21-20(24(14)33)23(32)13-5-3-4-12(9-29)18(13)25(21)34/h3-5,10,15-17,22,29,31,33,35-36H,6-9,28H2,1-2H3/t10?,15?,16?,17?,22?,27-/m0/s1. The molecule has 3 aliphatic rings. The van der Waals surface area contributed by atoms with Crippen molar-refractivity contribution in [3.63, 3.8) is 0 Å². The number of ether oxygens (including phenoxy) is 2. The molecular weight excluding hydrogens is 498 g/mol. The average molecular weight is 528 g/mol. The van der Waals surface area contributed by atoms with E-state index in [4.69, 9.17) is 15.2 Å². The minimum absolute atomic E-state index is 0.0497. The van der Waals surface area contributed by atoms with Gasteiger partial charge in [0, 0.05) is 47.6 Å². The maximum Gasteiger partial charge on any atom is 0.198 e. The number of fused-ring (bicyclic) bond motifs is 3. The smallest absolute Gasteiger partial charge is 0.198 e. The fraction of sp³-hybridized carbons (Fsp3) is 0.444. The molecule has 0 saturated carbocycles. The van der Waals surface area contributed by atoms with Crippen LogP contribution in [0.3, 0.4) is 0 Å². The Kier molecular flexibility index (Phi) is 6.41. The number of phenolic OH excluding ortho intramolecular Hbond substituents is 2. The van der Waals surface area contributed by atoms with Crippen molar-refractivity contribution in [1.82, 2.24) is 0 Å². The Balaban J connectivity index is 1.68. The van der Waals surface area contributed by atoms with E-state index in [1.54, 1.807) is 6.92 Å². The normalized spacial score (nSPS) is 30.4. The second-order valence-corrected chi connectivity index (χ2v) is 10.2. The number of aromatic hydroxyl groups is 2. The van der Waals surface area contributed by atoms with Gasteiger partial charge >= 0.3 is 0 Å². The van der Waals surface area contributed by atoms with Crippen LogP contribution in [-0.4, -0.2) is 73.0 Å². The molecule has 1 heterocycles. The molecule has 11 heteroatoms. The van der Waals surface area contributed by atoms with Crippen molar-refractivity contribution in [2.24, 2.45) is 5.73 Å². The van der Waals surface area contributed by atoms with Crippen LogP contribution in [0.1, 0.15) is 81.3 Å². The van der Waals surface area contributed by atoms with Gasteiger partial charge in [0.25, 0.3) is 0 Å². The molecule has 11 nitrogen and oxygen atoms in total. The van der Waals surface area contributed by atoms with Gasteiger partial charge in [-0.3, -0.25) is 14.4 Å². The summed E-state index contributed by atoms with van der Waals surface area (Å²) >= 11 is 0. The van der Waals surface area contributed by atoms with E-state index in [1.165, 1.54) is 25.1 Å². The molecule has 0 aromatic heterocycles. The summed E-state index contributed by atoms with van der Waals surface area (Å²) in [4.78, 5) is 39.5. The number of carbonyl (C=O) groups excluding carboxylic acids is 3. The van der Waals surface area contributed by atoms with E-state index in [0.717, 1.165) is 0 Å². The lowest BCUT2D eigenvalue weighted by Gasteiger charge is -2.42. The molecule has 0 spiro atoms. The second-order valence-electron chi connectivity index (χ2n) is 10.2. The first kappa shape index (κ1) is 26.4. The minimum atomic E-state index is -2.01. The number of aliphatic hydroxyl groups is 3. The van der Waals surface area contributed by atoms with Gasteiger partial charge in [-0.25, -0.2) is 0 Å². The Morgan fingerprint density at radius 1 is 1.16 bits per heavy atom. The van der Waals surface area contributed by atoms with Crippen molar-refractivity contribution in [3.8, 4) is 11.5 Å². The Morgan fingerprint density at radius 2 is 1.84 bits per heavy atom. The van der Waals surface area contributed by atoms with Gasteiger partial charge in [0.05, 0.1) is 36.0 Å². The van der Waals surface area contributed by atoms with Gasteiger partial charge in [0.2, 0.25) is 0 Å². The number of aliphatic hydroxyl groups excluding tert-OH is 2. The Hall–Kier alpha value is -3.19. The number of carbonyl (C=O) groups is 3. The number of rotatable bonds is 4. The Labute approximate surface area is 217 Å². The van der Waals surface area contributed by atoms with E-state index >= 15 is 0 Å². The van der Waals surface area contributed by atoms with Gasteiger partial charge in [-0.2, -0.15) is 0 Å². The lowest BCUT2D eigenvalue weighted by atomic mass is 9.71. The van der Waals surface area contributed by atoms with Gasteiger partial charge in [0.15, 0.2) is 23.6 Å². The molecule has 38 heavy (non-hydrogen) atoms. The van der Waals surface area contributed by atoms with Crippen molar-refractivity contribution in [1.29, 1.82) is 0 Å². The summed E-state index contributed by atoms with van der Waals surface area (Å²) < 4.78 is 11.8. The molecule has 1 fully saturated rings. The van der Waals surface area contributed by atoms with Crippen molar-refractivity contribution in [2.45, 2.75) is 76.0 Å². The highest BCUT2D eigenvalue weighted by atomic mass is 16.7. The zero-order valence-corrected chi connectivity index (χ0v) is 20.8. The quantitative estimate of drug-likeness (QED) is 0.259. The lowest BCUT2D eigenvalue weighted by molar-refractivity contribution is -0.247. The number of ketones is 3. The molecule has 0 radical (unpaired) electrons. The van der Waals surface area contributed by atoms with E-state index in [1.807, 2.05) is 0 Å². The Morgan fingerprint density at radius 3 is 2.47 bits per heavy atom. The molecule has 0 bridgehead atoms. The first-order valence-corrected chi connectivity index (χ1v) is 12.3. The van der Waals surface area contributed by atoms with E-state index in [-0.39, 0.29) is 40.7 Å². The maximum absolute atomic E-state index is 13.6. The van der Waals surface area contributed by atoms with Crippen LogP contribution < -0.4 is 5.73 Å². The second kappa shape index (κ2) is 9.23. The highest BCUT2D eigenvalue weighted by Crippen LogP contribution is 2.52. The molecule has 2 aromatic carbocycles. The minimum Gasteiger partial charge on any atom is -0.507 e. The fourth-order valence-electron chi connectivity index (χ4n) is 5.72. The van der Waals surface area contributed by atoms with Crippen LogP contribution in [0.5, 0.6) is 11.5 Å². The largest absolute Gasteiger partial charge is 0.507 e. The summed E-state index contributed by atoms with van der Waals surface area (Å²) in [5.41, 5.74) is 2.97. The number of nitrogens with two attached hydrogens (primary N) is 1. The van der Waals surface area contributed by atoms with Crippen LogP contribution >= 0.6 is 0 Å². The fourth-order valence-corrected chi connectivity index (χ4v) is 5.72. The predicted molar refractivity (Wildman–Crippen MR) is 130 cm³/mol. The van der Waals surface area contributed by atoms with Crippen LogP contribution in [0.2, 0.25) is 0 Å². The highest BCUT2D eigenvalue weighted by Gasteiger charge is 2.49. The van der Waals surface area contributed by atoms with Crippen molar-refractivity contribution >= 4 is 17.3 Å². The van der Waals surface area contributed by atoms with Crippen LogP contribution in [0, 0.1) is 0 Å². The number of phenols is 2. The van der Waals surface area contributed by atoms with E-state index < -0.39 is 89.2 Å². The van der Waals surface area contributed by atoms with Crippen molar-refractivity contribution in [2.75, 3.05) is 0 Å². The van der Waals surface area contributed by atoms with Gasteiger partial charge in [-0.15, -0.1) is 0 Å². The molecule has 1 saturated heterocycles. The SMILES string of the molecule is CC(=O)[C@]1(O)Cc2c(O)c3c(c(O)c2C(OC2CC(N)C(O)C(C)O2)C1)C(=O)c1c(CO)cccc1C3=O. The van der Waals surface area contributed by atoms with E-state index in [9.17, 15) is 39.9 Å². The molecule has 5 rings (SSSR count). The predicted octanol–water partition coefficient (Wildman–Crippen LogP) is 0.513. The monoisotopic (exact) mass is 527 g/mol. The number of benzene rings is 2. The van der Waals surface area contributed by atoms with Gasteiger partial charge in [-0.05, 0) is 19.4 Å². The van der Waals surface area contributed by atoms with Gasteiger partial charge in [0.1, 0.15) is 17.1 Å². The summed E-state index contributed by atoms with van der Waals surface area (Å²) in [6, 6.07) is 3.64. The van der Waals surface area contributed by atoms with E-state index in [2.05, 4.69) is 0 Å². The van der Waals surface area contributed by atoms with E-state index in [0.29, 0.717) is 0 Å².